The van der Waals surface area contributed by atoms with E-state index in [0.717, 1.165) is 5.56 Å². The molecule has 0 fully saturated rings. The van der Waals surface area contributed by atoms with Crippen molar-refractivity contribution in [2.45, 2.75) is 24.3 Å². The van der Waals surface area contributed by atoms with Gasteiger partial charge in [-0.3, -0.25) is 9.52 Å². The summed E-state index contributed by atoms with van der Waals surface area (Å²) in [6.45, 7) is 2.81. The lowest BCUT2D eigenvalue weighted by molar-refractivity contribution is 0.0635. The smallest absolute Gasteiger partial charge is 0.323 e. The predicted molar refractivity (Wildman–Crippen MR) is 134 cm³/mol. The largest absolute Gasteiger partial charge is 0.374 e. The number of aromatic nitrogens is 2. The Labute approximate surface area is 202 Å². The second-order valence-corrected chi connectivity index (χ2v) is 9.65. The molecular weight excluding hydrogens is 468 g/mol. The topological polar surface area (TPSA) is 133 Å². The van der Waals surface area contributed by atoms with Gasteiger partial charge in [-0.15, -0.1) is 0 Å². The van der Waals surface area contributed by atoms with Gasteiger partial charge in [-0.05, 0) is 49.2 Å². The van der Waals surface area contributed by atoms with E-state index in [2.05, 4.69) is 20.0 Å². The number of imidazole rings is 1. The minimum absolute atomic E-state index is 0.0415. The molecule has 3 aromatic carbocycles. The highest BCUT2D eigenvalue weighted by molar-refractivity contribution is 7.92. The SMILES string of the molecule is CC(OCCCNC(=O)c1ccccc1NS(=O)(=O)c1ccc2[nH]c(=O)[nH]c2c1)c1ccccc1. The molecule has 0 saturated carbocycles. The summed E-state index contributed by atoms with van der Waals surface area (Å²) in [6.07, 6.45) is 0.552. The van der Waals surface area contributed by atoms with Crippen LogP contribution in [0.4, 0.5) is 5.69 Å². The Balaban J connectivity index is 1.36. The second kappa shape index (κ2) is 10.6. The van der Waals surface area contributed by atoms with Gasteiger partial charge in [-0.25, -0.2) is 13.2 Å². The third-order valence-electron chi connectivity index (χ3n) is 5.46. The van der Waals surface area contributed by atoms with E-state index in [1.54, 1.807) is 18.2 Å². The Bertz CT molecular complexity index is 1480. The summed E-state index contributed by atoms with van der Waals surface area (Å²) in [5.74, 6) is -0.398. The predicted octanol–water partition coefficient (Wildman–Crippen LogP) is 3.55. The maximum Gasteiger partial charge on any atom is 0.323 e. The van der Waals surface area contributed by atoms with Gasteiger partial charge in [0.2, 0.25) is 0 Å². The number of carbonyl (C=O) groups excluding carboxylic acids is 1. The van der Waals surface area contributed by atoms with Crippen molar-refractivity contribution in [3.8, 4) is 0 Å². The highest BCUT2D eigenvalue weighted by Crippen LogP contribution is 2.22. The summed E-state index contributed by atoms with van der Waals surface area (Å²) < 4.78 is 34.2. The maximum atomic E-state index is 12.9. The zero-order valence-electron chi connectivity index (χ0n) is 19.1. The summed E-state index contributed by atoms with van der Waals surface area (Å²) in [5.41, 5.74) is 1.88. The van der Waals surface area contributed by atoms with Crippen LogP contribution in [-0.2, 0) is 14.8 Å². The van der Waals surface area contributed by atoms with Crippen molar-refractivity contribution in [2.75, 3.05) is 17.9 Å². The molecule has 1 amide bonds. The lowest BCUT2D eigenvalue weighted by Gasteiger charge is -2.14. The molecule has 0 radical (unpaired) electrons. The zero-order chi connectivity index (χ0) is 24.8. The molecule has 35 heavy (non-hydrogen) atoms. The first kappa shape index (κ1) is 24.2. The number of rotatable bonds is 10. The van der Waals surface area contributed by atoms with Crippen molar-refractivity contribution >= 4 is 32.7 Å². The van der Waals surface area contributed by atoms with E-state index in [1.807, 2.05) is 37.3 Å². The Morgan fingerprint density at radius 3 is 2.49 bits per heavy atom. The summed E-state index contributed by atoms with van der Waals surface area (Å²) in [6, 6.07) is 20.5. The van der Waals surface area contributed by atoms with Crippen LogP contribution in [0.2, 0.25) is 0 Å². The Hall–Kier alpha value is -3.89. The van der Waals surface area contributed by atoms with E-state index in [4.69, 9.17) is 4.74 Å². The molecule has 9 nitrogen and oxygen atoms in total. The molecule has 10 heteroatoms. The standard InChI is InChI=1S/C25H26N4O5S/c1-17(18-8-3-2-4-9-18)34-15-7-14-26-24(30)20-10-5-6-11-21(20)29-35(32,33)19-12-13-22-23(16-19)28-25(31)27-22/h2-6,8-13,16-17,29H,7,14-15H2,1H3,(H,26,30)(H2,27,28,31). The highest BCUT2D eigenvalue weighted by atomic mass is 32.2. The molecule has 4 rings (SSSR count). The molecule has 4 N–H and O–H groups in total. The minimum Gasteiger partial charge on any atom is -0.374 e. The molecule has 0 spiro atoms. The van der Waals surface area contributed by atoms with E-state index in [-0.39, 0.29) is 22.3 Å². The fourth-order valence-electron chi connectivity index (χ4n) is 3.60. The minimum atomic E-state index is -4.00. The Morgan fingerprint density at radius 2 is 1.69 bits per heavy atom. The lowest BCUT2D eigenvalue weighted by atomic mass is 10.1. The van der Waals surface area contributed by atoms with Crippen molar-refractivity contribution in [3.63, 3.8) is 0 Å². The first-order chi connectivity index (χ1) is 16.8. The summed E-state index contributed by atoms with van der Waals surface area (Å²) >= 11 is 0. The van der Waals surface area contributed by atoms with Crippen LogP contribution in [0.25, 0.3) is 11.0 Å². The number of nitrogens with one attached hydrogen (secondary N) is 4. The van der Waals surface area contributed by atoms with Crippen LogP contribution in [0.1, 0.15) is 35.4 Å². The van der Waals surface area contributed by atoms with E-state index in [9.17, 15) is 18.0 Å². The number of benzene rings is 3. The molecule has 0 saturated heterocycles. The molecule has 0 aliphatic heterocycles. The van der Waals surface area contributed by atoms with Gasteiger partial charge in [0.05, 0.1) is 33.3 Å². The second-order valence-electron chi connectivity index (χ2n) is 7.97. The average molecular weight is 495 g/mol. The summed E-state index contributed by atoms with van der Waals surface area (Å²) in [5, 5.41) is 2.81. The molecular formula is C25H26N4O5S. The molecule has 4 aromatic rings. The van der Waals surface area contributed by atoms with Crippen molar-refractivity contribution in [3.05, 3.63) is 94.4 Å². The first-order valence-corrected chi connectivity index (χ1v) is 12.6. The molecule has 0 aliphatic rings. The number of para-hydroxylation sites is 1. The Kier molecular flexibility index (Phi) is 7.33. The number of anilines is 1. The van der Waals surface area contributed by atoms with Crippen LogP contribution in [0.5, 0.6) is 0 Å². The van der Waals surface area contributed by atoms with Crippen molar-refractivity contribution in [2.24, 2.45) is 0 Å². The van der Waals surface area contributed by atoms with E-state index in [0.29, 0.717) is 30.6 Å². The van der Waals surface area contributed by atoms with Crippen LogP contribution in [0, 0.1) is 0 Å². The van der Waals surface area contributed by atoms with Gasteiger partial charge >= 0.3 is 5.69 Å². The first-order valence-electron chi connectivity index (χ1n) is 11.1. The van der Waals surface area contributed by atoms with E-state index >= 15 is 0 Å². The van der Waals surface area contributed by atoms with Crippen LogP contribution in [0.3, 0.4) is 0 Å². The maximum absolute atomic E-state index is 12.9. The molecule has 182 valence electrons. The van der Waals surface area contributed by atoms with E-state index < -0.39 is 21.6 Å². The van der Waals surface area contributed by atoms with Crippen molar-refractivity contribution < 1.29 is 17.9 Å². The summed E-state index contributed by atoms with van der Waals surface area (Å²) in [7, 11) is -4.00. The fraction of sp³-hybridized carbons (Fsp3) is 0.200. The third-order valence-corrected chi connectivity index (χ3v) is 6.82. The number of H-pyrrole nitrogens is 2. The molecule has 0 bridgehead atoms. The quantitative estimate of drug-likeness (QED) is 0.250. The van der Waals surface area contributed by atoms with Crippen LogP contribution >= 0.6 is 0 Å². The number of amides is 1. The van der Waals surface area contributed by atoms with Gasteiger partial charge in [0.25, 0.3) is 15.9 Å². The molecule has 1 unspecified atom stereocenters. The monoisotopic (exact) mass is 494 g/mol. The number of hydrogen-bond donors (Lipinski definition) is 4. The highest BCUT2D eigenvalue weighted by Gasteiger charge is 2.19. The van der Waals surface area contributed by atoms with Crippen LogP contribution < -0.4 is 15.7 Å². The molecule has 0 aliphatic carbocycles. The number of sulfonamides is 1. The van der Waals surface area contributed by atoms with Crippen molar-refractivity contribution in [1.82, 2.24) is 15.3 Å². The van der Waals surface area contributed by atoms with Gasteiger partial charge in [-0.1, -0.05) is 42.5 Å². The normalized spacial score (nSPS) is 12.4. The van der Waals surface area contributed by atoms with Gasteiger partial charge in [0, 0.05) is 13.2 Å². The van der Waals surface area contributed by atoms with Gasteiger partial charge < -0.3 is 20.0 Å². The molecule has 1 aromatic heterocycles. The number of aromatic amines is 2. The third kappa shape index (κ3) is 5.97. The van der Waals surface area contributed by atoms with Gasteiger partial charge in [0.1, 0.15) is 0 Å². The fourth-order valence-corrected chi connectivity index (χ4v) is 4.71. The molecule has 1 atom stereocenters. The van der Waals surface area contributed by atoms with E-state index in [1.165, 1.54) is 24.3 Å². The number of carbonyl (C=O) groups is 1. The number of hydrogen-bond acceptors (Lipinski definition) is 5. The molecule has 1 heterocycles. The number of ether oxygens (including phenoxy) is 1. The average Bonchev–Trinajstić information content (AvgIpc) is 3.23. The van der Waals surface area contributed by atoms with Gasteiger partial charge in [-0.2, -0.15) is 0 Å². The summed E-state index contributed by atoms with van der Waals surface area (Å²) in [4.78, 5) is 29.3. The van der Waals surface area contributed by atoms with Crippen LogP contribution in [0.15, 0.2) is 82.5 Å². The zero-order valence-corrected chi connectivity index (χ0v) is 19.9. The Morgan fingerprint density at radius 1 is 0.971 bits per heavy atom. The van der Waals surface area contributed by atoms with Gasteiger partial charge in [0.15, 0.2) is 0 Å². The van der Waals surface area contributed by atoms with Crippen LogP contribution in [-0.4, -0.2) is 37.4 Å². The lowest BCUT2D eigenvalue weighted by Crippen LogP contribution is -2.27. The van der Waals surface area contributed by atoms with Crippen molar-refractivity contribution in [1.29, 1.82) is 0 Å². The number of fused-ring (bicyclic) bond motifs is 1.